The molecular formula is C39H43F3N4O3. The maximum absolute atomic E-state index is 13.4. The topological polar surface area (TPSA) is 74.8 Å². The zero-order chi connectivity index (χ0) is 35.0. The van der Waals surface area contributed by atoms with E-state index >= 15 is 0 Å². The highest BCUT2D eigenvalue weighted by Gasteiger charge is 2.31. The highest BCUT2D eigenvalue weighted by molar-refractivity contribution is 5.89. The Balaban J connectivity index is 1.30. The van der Waals surface area contributed by atoms with E-state index in [1.807, 2.05) is 74.2 Å². The first-order valence-electron chi connectivity index (χ1n) is 16.6. The molecule has 0 aliphatic heterocycles. The Morgan fingerprint density at radius 3 is 2.10 bits per heavy atom. The van der Waals surface area contributed by atoms with Crippen molar-refractivity contribution in [2.24, 2.45) is 0 Å². The number of benzene rings is 3. The number of rotatable bonds is 9. The van der Waals surface area contributed by atoms with Crippen LogP contribution < -0.4 is 5.32 Å². The molecule has 0 spiro atoms. The van der Waals surface area contributed by atoms with E-state index in [0.717, 1.165) is 65.6 Å². The summed E-state index contributed by atoms with van der Waals surface area (Å²) in [6.45, 7) is 6.63. The molecule has 3 amide bonds. The van der Waals surface area contributed by atoms with Gasteiger partial charge in [0.25, 0.3) is 0 Å². The Bertz CT molecular complexity index is 1680. The van der Waals surface area contributed by atoms with Crippen molar-refractivity contribution in [3.8, 4) is 11.1 Å². The number of halogens is 3. The number of carbonyl (C=O) groups excluding carboxylic acids is 2. The van der Waals surface area contributed by atoms with Gasteiger partial charge in [-0.2, -0.15) is 13.2 Å². The maximum atomic E-state index is 13.4. The molecule has 0 saturated heterocycles. The Hall–Kier alpha value is -4.86. The molecule has 1 aromatic heterocycles. The van der Waals surface area contributed by atoms with Gasteiger partial charge in [0, 0.05) is 43.8 Å². The zero-order valence-electron chi connectivity index (χ0n) is 28.2. The summed E-state index contributed by atoms with van der Waals surface area (Å²) in [6.07, 6.45) is 3.92. The third-order valence-corrected chi connectivity index (χ3v) is 8.43. The normalized spacial score (nSPS) is 13.8. The van der Waals surface area contributed by atoms with E-state index in [2.05, 4.69) is 16.4 Å². The van der Waals surface area contributed by atoms with Gasteiger partial charge in [-0.05, 0) is 97.8 Å². The van der Waals surface area contributed by atoms with E-state index in [0.29, 0.717) is 6.54 Å². The molecule has 1 saturated carbocycles. The van der Waals surface area contributed by atoms with E-state index in [9.17, 15) is 22.8 Å². The van der Waals surface area contributed by atoms with Crippen LogP contribution in [0.1, 0.15) is 75.1 Å². The smallest absolute Gasteiger partial charge is 0.416 e. The van der Waals surface area contributed by atoms with Crippen molar-refractivity contribution in [1.82, 2.24) is 14.8 Å². The predicted octanol–water partition coefficient (Wildman–Crippen LogP) is 10.1. The van der Waals surface area contributed by atoms with Crippen molar-refractivity contribution in [2.45, 2.75) is 90.3 Å². The van der Waals surface area contributed by atoms with E-state index in [1.165, 1.54) is 18.6 Å². The molecule has 10 heteroatoms. The van der Waals surface area contributed by atoms with Crippen molar-refractivity contribution in [2.75, 3.05) is 5.32 Å². The maximum Gasteiger partial charge on any atom is 0.416 e. The Morgan fingerprint density at radius 1 is 0.796 bits per heavy atom. The van der Waals surface area contributed by atoms with E-state index in [-0.39, 0.29) is 30.9 Å². The van der Waals surface area contributed by atoms with Crippen molar-refractivity contribution in [3.05, 3.63) is 120 Å². The fraction of sp³-hybridized carbons (Fsp3) is 0.359. The second-order valence-corrected chi connectivity index (χ2v) is 13.5. The van der Waals surface area contributed by atoms with Crippen molar-refractivity contribution in [3.63, 3.8) is 0 Å². The van der Waals surface area contributed by atoms with Crippen LogP contribution in [0.5, 0.6) is 0 Å². The molecule has 1 aliphatic rings. The monoisotopic (exact) mass is 672 g/mol. The number of ether oxygens (including phenoxy) is 1. The van der Waals surface area contributed by atoms with Crippen LogP contribution in [0.25, 0.3) is 11.1 Å². The molecule has 0 radical (unpaired) electrons. The lowest BCUT2D eigenvalue weighted by Crippen LogP contribution is -2.43. The first kappa shape index (κ1) is 35.4. The minimum absolute atomic E-state index is 0.151. The zero-order valence-corrected chi connectivity index (χ0v) is 28.2. The molecule has 1 fully saturated rings. The summed E-state index contributed by atoms with van der Waals surface area (Å²) in [4.78, 5) is 34.3. The van der Waals surface area contributed by atoms with Crippen molar-refractivity contribution in [1.29, 1.82) is 0 Å². The number of alkyl halides is 3. The number of pyridine rings is 1. The minimum atomic E-state index is -4.46. The summed E-state index contributed by atoms with van der Waals surface area (Å²) in [5.74, 6) is 0. The van der Waals surface area contributed by atoms with Crippen molar-refractivity contribution < 1.29 is 27.5 Å². The van der Waals surface area contributed by atoms with Crippen LogP contribution in [-0.2, 0) is 30.5 Å². The van der Waals surface area contributed by atoms with E-state index in [1.54, 1.807) is 23.4 Å². The quantitative estimate of drug-likeness (QED) is 0.192. The molecule has 258 valence electrons. The molecule has 1 aliphatic carbocycles. The first-order chi connectivity index (χ1) is 23.3. The van der Waals surface area contributed by atoms with Crippen molar-refractivity contribution >= 4 is 17.8 Å². The molecule has 5 rings (SSSR count). The molecule has 49 heavy (non-hydrogen) atoms. The van der Waals surface area contributed by atoms with E-state index in [4.69, 9.17) is 4.74 Å². The predicted molar refractivity (Wildman–Crippen MR) is 184 cm³/mol. The first-order valence-corrected chi connectivity index (χ1v) is 16.6. The van der Waals surface area contributed by atoms with Crippen LogP contribution in [0.3, 0.4) is 0 Å². The summed E-state index contributed by atoms with van der Waals surface area (Å²) in [6, 6.07) is 23.8. The van der Waals surface area contributed by atoms with Gasteiger partial charge in [-0.25, -0.2) is 9.59 Å². The van der Waals surface area contributed by atoms with Crippen LogP contribution >= 0.6 is 0 Å². The molecule has 3 aromatic carbocycles. The number of aromatic nitrogens is 1. The summed E-state index contributed by atoms with van der Waals surface area (Å²) in [7, 11) is 0. The SMILES string of the molecule is CC(C)(C)OC(=O)N(Cc1cccc(-c2ccc(CN(Cc3cccnc3)C(=O)Nc3ccc(C(F)(F)F)cc3)cc2)c1)C1CCCCC1. The third kappa shape index (κ3) is 10.3. The van der Waals surface area contributed by atoms with Gasteiger partial charge in [0.05, 0.1) is 5.56 Å². The van der Waals surface area contributed by atoms with Gasteiger partial charge < -0.3 is 19.9 Å². The summed E-state index contributed by atoms with van der Waals surface area (Å²) < 4.78 is 44.9. The van der Waals surface area contributed by atoms with Gasteiger partial charge in [-0.3, -0.25) is 4.98 Å². The standard InChI is InChI=1S/C39H43F3N4O3/c1-38(2,3)49-37(48)46(35-12-5-4-6-13-35)27-29-9-7-11-32(23-29)31-16-14-28(15-17-31)25-45(26-30-10-8-22-43-24-30)36(47)44-34-20-18-33(19-21-34)39(40,41)42/h7-11,14-24,35H,4-6,12-13,25-27H2,1-3H3,(H,44,47). The Kier molecular flexibility index (Phi) is 11.3. The number of amides is 3. The average molecular weight is 673 g/mol. The fourth-order valence-corrected chi connectivity index (χ4v) is 5.98. The highest BCUT2D eigenvalue weighted by atomic mass is 19.4. The van der Waals surface area contributed by atoms with Gasteiger partial charge in [0.15, 0.2) is 0 Å². The number of nitrogens with zero attached hydrogens (tertiary/aromatic N) is 3. The number of hydrogen-bond acceptors (Lipinski definition) is 4. The van der Waals surface area contributed by atoms with E-state index < -0.39 is 23.4 Å². The number of nitrogens with one attached hydrogen (secondary N) is 1. The van der Waals surface area contributed by atoms with Gasteiger partial charge in [0.1, 0.15) is 5.60 Å². The second kappa shape index (κ2) is 15.6. The highest BCUT2D eigenvalue weighted by Crippen LogP contribution is 2.31. The van der Waals surface area contributed by atoms with Gasteiger partial charge in [-0.1, -0.05) is 67.8 Å². The van der Waals surface area contributed by atoms with Crippen LogP contribution in [-0.4, -0.2) is 38.6 Å². The number of hydrogen-bond donors (Lipinski definition) is 1. The number of carbonyl (C=O) groups is 2. The Labute approximate surface area is 286 Å². The third-order valence-electron chi connectivity index (χ3n) is 8.43. The molecule has 7 nitrogen and oxygen atoms in total. The van der Waals surface area contributed by atoms with Crippen LogP contribution in [0.4, 0.5) is 28.4 Å². The largest absolute Gasteiger partial charge is 0.444 e. The summed E-state index contributed by atoms with van der Waals surface area (Å²) in [5, 5.41) is 2.73. The molecule has 0 bridgehead atoms. The lowest BCUT2D eigenvalue weighted by Gasteiger charge is -2.35. The average Bonchev–Trinajstić information content (AvgIpc) is 3.07. The minimum Gasteiger partial charge on any atom is -0.444 e. The fourth-order valence-electron chi connectivity index (χ4n) is 5.98. The van der Waals surface area contributed by atoms with Crippen LogP contribution in [0, 0.1) is 0 Å². The molecule has 1 heterocycles. The molecule has 4 aromatic rings. The summed E-state index contributed by atoms with van der Waals surface area (Å²) >= 11 is 0. The number of anilines is 1. The lowest BCUT2D eigenvalue weighted by molar-refractivity contribution is -0.137. The van der Waals surface area contributed by atoms with Crippen LogP contribution in [0.2, 0.25) is 0 Å². The van der Waals surface area contributed by atoms with Crippen LogP contribution in [0.15, 0.2) is 97.3 Å². The molecule has 1 N–H and O–H groups in total. The molecule has 0 atom stereocenters. The van der Waals surface area contributed by atoms with Gasteiger partial charge in [0.2, 0.25) is 0 Å². The van der Waals surface area contributed by atoms with Gasteiger partial charge >= 0.3 is 18.3 Å². The molecular weight excluding hydrogens is 629 g/mol. The lowest BCUT2D eigenvalue weighted by atomic mass is 9.94. The summed E-state index contributed by atoms with van der Waals surface area (Å²) in [5.41, 5.74) is 3.59. The molecule has 0 unspecified atom stereocenters. The number of urea groups is 1. The second-order valence-electron chi connectivity index (χ2n) is 13.5. The Morgan fingerprint density at radius 2 is 1.47 bits per heavy atom. The van der Waals surface area contributed by atoms with Gasteiger partial charge in [-0.15, -0.1) is 0 Å².